The van der Waals surface area contributed by atoms with E-state index in [1.54, 1.807) is 16.2 Å². The molecule has 116 valence electrons. The van der Waals surface area contributed by atoms with E-state index in [0.717, 1.165) is 12.8 Å². The van der Waals surface area contributed by atoms with Crippen molar-refractivity contribution in [2.45, 2.75) is 52.1 Å². The Morgan fingerprint density at radius 1 is 1.43 bits per heavy atom. The summed E-state index contributed by atoms with van der Waals surface area (Å²) in [6, 6.07) is 3.72. The van der Waals surface area contributed by atoms with Crippen LogP contribution in [0.5, 0.6) is 0 Å². The Hall–Kier alpha value is -1.36. The largest absolute Gasteiger partial charge is 0.343 e. The Kier molecular flexibility index (Phi) is 5.39. The molecule has 0 radical (unpaired) electrons. The lowest BCUT2D eigenvalue weighted by Crippen LogP contribution is -2.58. The molecule has 1 aliphatic rings. The van der Waals surface area contributed by atoms with Crippen LogP contribution in [0.4, 0.5) is 0 Å². The molecular weight excluding hydrogens is 284 g/mol. The lowest BCUT2D eigenvalue weighted by Gasteiger charge is -2.38. The lowest BCUT2D eigenvalue weighted by molar-refractivity contribution is -0.147. The Morgan fingerprint density at radius 2 is 2.19 bits per heavy atom. The molecule has 1 saturated heterocycles. The number of hydrogen-bond donors (Lipinski definition) is 1. The van der Waals surface area contributed by atoms with Gasteiger partial charge in [-0.15, -0.1) is 11.3 Å². The quantitative estimate of drug-likeness (QED) is 0.878. The van der Waals surface area contributed by atoms with Gasteiger partial charge < -0.3 is 10.2 Å². The van der Waals surface area contributed by atoms with Crippen molar-refractivity contribution in [3.05, 3.63) is 22.4 Å². The molecule has 4 nitrogen and oxygen atoms in total. The van der Waals surface area contributed by atoms with Crippen molar-refractivity contribution < 1.29 is 9.59 Å². The zero-order valence-electron chi connectivity index (χ0n) is 13.0. The molecular formula is C16H24N2O2S. The predicted molar refractivity (Wildman–Crippen MR) is 85.1 cm³/mol. The van der Waals surface area contributed by atoms with Crippen molar-refractivity contribution in [2.24, 2.45) is 5.92 Å². The van der Waals surface area contributed by atoms with E-state index in [-0.39, 0.29) is 30.4 Å². The van der Waals surface area contributed by atoms with Crippen molar-refractivity contribution >= 4 is 23.2 Å². The fourth-order valence-corrected chi connectivity index (χ4v) is 3.71. The Labute approximate surface area is 130 Å². The smallest absolute Gasteiger partial charge is 0.246 e. The van der Waals surface area contributed by atoms with Crippen LogP contribution in [0, 0.1) is 5.92 Å². The molecule has 1 N–H and O–H groups in total. The van der Waals surface area contributed by atoms with E-state index in [9.17, 15) is 9.59 Å². The number of carbonyl (C=O) groups excluding carboxylic acids is 2. The third-order valence-corrected chi connectivity index (χ3v) is 4.72. The van der Waals surface area contributed by atoms with Crippen LogP contribution in [0.1, 0.15) is 51.0 Å². The third kappa shape index (κ3) is 3.84. The van der Waals surface area contributed by atoms with E-state index in [1.165, 1.54) is 4.88 Å². The van der Waals surface area contributed by atoms with E-state index in [2.05, 4.69) is 32.2 Å². The summed E-state index contributed by atoms with van der Waals surface area (Å²) in [5, 5.41) is 4.87. The number of piperazine rings is 1. The molecule has 0 aliphatic carbocycles. The van der Waals surface area contributed by atoms with Crippen molar-refractivity contribution in [3.8, 4) is 0 Å². The topological polar surface area (TPSA) is 49.4 Å². The predicted octanol–water partition coefficient (Wildman–Crippen LogP) is 2.96. The zero-order chi connectivity index (χ0) is 15.4. The number of carbonyl (C=O) groups is 2. The average Bonchev–Trinajstić information content (AvgIpc) is 2.93. The van der Waals surface area contributed by atoms with Gasteiger partial charge in [0.25, 0.3) is 0 Å². The molecule has 1 aliphatic heterocycles. The van der Waals surface area contributed by atoms with E-state index >= 15 is 0 Å². The minimum absolute atomic E-state index is 0.0308. The monoisotopic (exact) mass is 308 g/mol. The van der Waals surface area contributed by atoms with Crippen LogP contribution in [0.3, 0.4) is 0 Å². The van der Waals surface area contributed by atoms with Gasteiger partial charge in [0.1, 0.15) is 12.6 Å². The molecule has 2 rings (SSSR count). The second kappa shape index (κ2) is 7.07. The summed E-state index contributed by atoms with van der Waals surface area (Å²) in [5.74, 6) is 0.402. The zero-order valence-corrected chi connectivity index (χ0v) is 13.8. The van der Waals surface area contributed by atoms with Crippen LogP contribution < -0.4 is 5.32 Å². The molecule has 2 atom stereocenters. The van der Waals surface area contributed by atoms with Gasteiger partial charge in [0.2, 0.25) is 11.8 Å². The number of amides is 2. The molecule has 2 amide bonds. The molecule has 1 fully saturated rings. The van der Waals surface area contributed by atoms with Crippen LogP contribution in [0.2, 0.25) is 0 Å². The number of nitrogens with zero attached hydrogens (tertiary/aromatic N) is 1. The Bertz CT molecular complexity index is 484. The van der Waals surface area contributed by atoms with Crippen LogP contribution in [0.25, 0.3) is 0 Å². The van der Waals surface area contributed by atoms with Gasteiger partial charge in [-0.3, -0.25) is 9.59 Å². The van der Waals surface area contributed by atoms with Gasteiger partial charge in [0.05, 0.1) is 6.04 Å². The standard InChI is InChI=1S/C16H24N2O2S/c1-4-6-13(14-7-5-8-21-14)18-10-15(19)17-12(16(18)20)9-11(2)3/h5,7-8,11-13H,4,6,9-10H2,1-3H3,(H,17,19). The molecule has 0 spiro atoms. The van der Waals surface area contributed by atoms with Crippen LogP contribution >= 0.6 is 11.3 Å². The van der Waals surface area contributed by atoms with Gasteiger partial charge in [-0.25, -0.2) is 0 Å². The first-order valence-electron chi connectivity index (χ1n) is 7.66. The maximum Gasteiger partial charge on any atom is 0.246 e. The number of hydrogen-bond acceptors (Lipinski definition) is 3. The highest BCUT2D eigenvalue weighted by molar-refractivity contribution is 7.10. The minimum atomic E-state index is -0.370. The van der Waals surface area contributed by atoms with Crippen molar-refractivity contribution in [1.82, 2.24) is 10.2 Å². The van der Waals surface area contributed by atoms with E-state index in [0.29, 0.717) is 12.3 Å². The van der Waals surface area contributed by atoms with E-state index < -0.39 is 0 Å². The van der Waals surface area contributed by atoms with Gasteiger partial charge in [-0.1, -0.05) is 33.3 Å². The van der Waals surface area contributed by atoms with Gasteiger partial charge in [-0.05, 0) is 30.2 Å². The maximum absolute atomic E-state index is 12.7. The first-order valence-corrected chi connectivity index (χ1v) is 8.54. The average molecular weight is 308 g/mol. The Balaban J connectivity index is 2.22. The van der Waals surface area contributed by atoms with E-state index in [4.69, 9.17) is 0 Å². The maximum atomic E-state index is 12.7. The second-order valence-electron chi connectivity index (χ2n) is 6.04. The first-order chi connectivity index (χ1) is 10.0. The molecule has 21 heavy (non-hydrogen) atoms. The van der Waals surface area contributed by atoms with Crippen molar-refractivity contribution in [2.75, 3.05) is 6.54 Å². The van der Waals surface area contributed by atoms with Crippen molar-refractivity contribution in [1.29, 1.82) is 0 Å². The molecule has 1 aromatic heterocycles. The van der Waals surface area contributed by atoms with Gasteiger partial charge in [0.15, 0.2) is 0 Å². The molecule has 0 aromatic carbocycles. The highest BCUT2D eigenvalue weighted by Crippen LogP contribution is 2.31. The van der Waals surface area contributed by atoms with Gasteiger partial charge in [-0.2, -0.15) is 0 Å². The van der Waals surface area contributed by atoms with Crippen LogP contribution in [0.15, 0.2) is 17.5 Å². The second-order valence-corrected chi connectivity index (χ2v) is 7.01. The van der Waals surface area contributed by atoms with Gasteiger partial charge >= 0.3 is 0 Å². The lowest BCUT2D eigenvalue weighted by atomic mass is 9.98. The normalized spacial score (nSPS) is 20.8. The van der Waals surface area contributed by atoms with Gasteiger partial charge in [0, 0.05) is 4.88 Å². The highest BCUT2D eigenvalue weighted by Gasteiger charge is 2.37. The number of thiophene rings is 1. The van der Waals surface area contributed by atoms with Crippen molar-refractivity contribution in [3.63, 3.8) is 0 Å². The summed E-state index contributed by atoms with van der Waals surface area (Å²) in [6.45, 7) is 6.43. The molecule has 0 bridgehead atoms. The SMILES string of the molecule is CCCC(c1cccs1)N1CC(=O)NC(CC(C)C)C1=O. The minimum Gasteiger partial charge on any atom is -0.343 e. The summed E-state index contributed by atoms with van der Waals surface area (Å²) < 4.78 is 0. The number of rotatable bonds is 6. The van der Waals surface area contributed by atoms with E-state index in [1.807, 2.05) is 11.4 Å². The molecule has 1 aromatic rings. The first kappa shape index (κ1) is 16.0. The Morgan fingerprint density at radius 3 is 2.76 bits per heavy atom. The number of nitrogens with one attached hydrogen (secondary N) is 1. The van der Waals surface area contributed by atoms with Crippen LogP contribution in [-0.4, -0.2) is 29.3 Å². The summed E-state index contributed by atoms with van der Waals surface area (Å²) >= 11 is 1.66. The molecule has 2 unspecified atom stereocenters. The summed E-state index contributed by atoms with van der Waals surface area (Å²) in [4.78, 5) is 27.7. The summed E-state index contributed by atoms with van der Waals surface area (Å²) in [5.41, 5.74) is 0. The molecule has 0 saturated carbocycles. The fraction of sp³-hybridized carbons (Fsp3) is 0.625. The third-order valence-electron chi connectivity index (χ3n) is 3.75. The summed E-state index contributed by atoms with van der Waals surface area (Å²) in [6.07, 6.45) is 2.58. The molecule has 5 heteroatoms. The van der Waals surface area contributed by atoms with Crippen LogP contribution in [-0.2, 0) is 9.59 Å². The molecule has 2 heterocycles. The highest BCUT2D eigenvalue weighted by atomic mass is 32.1. The fourth-order valence-electron chi connectivity index (χ4n) is 2.84. The summed E-state index contributed by atoms with van der Waals surface area (Å²) in [7, 11) is 0.